The first kappa shape index (κ1) is 16.6. The smallest absolute Gasteiger partial charge is 0.0816 e. The van der Waals surface area contributed by atoms with Crippen molar-refractivity contribution in [1.29, 1.82) is 0 Å². The fourth-order valence-electron chi connectivity index (χ4n) is 4.88. The highest BCUT2D eigenvalue weighted by Gasteiger charge is 2.30. The Morgan fingerprint density at radius 3 is 2.22 bits per heavy atom. The number of rotatable bonds is 3. The molecule has 23 heavy (non-hydrogen) atoms. The molecule has 0 unspecified atom stereocenters. The van der Waals surface area contributed by atoms with Gasteiger partial charge in [-0.3, -0.25) is 0 Å². The Labute approximate surface area is 142 Å². The predicted octanol–water partition coefficient (Wildman–Crippen LogP) is 6.30. The Hall–Kier alpha value is -1.24. The van der Waals surface area contributed by atoms with E-state index in [9.17, 15) is 0 Å². The molecule has 0 N–H and O–H groups in total. The van der Waals surface area contributed by atoms with Crippen LogP contribution in [0.4, 0.5) is 0 Å². The van der Waals surface area contributed by atoms with Gasteiger partial charge in [0, 0.05) is 0 Å². The van der Waals surface area contributed by atoms with Crippen LogP contribution in [0, 0.1) is 25.7 Å². The summed E-state index contributed by atoms with van der Waals surface area (Å²) in [5, 5.41) is 0. The van der Waals surface area contributed by atoms with Crippen LogP contribution >= 0.6 is 0 Å². The first-order chi connectivity index (χ1) is 11.2. The van der Waals surface area contributed by atoms with Gasteiger partial charge in [-0.15, -0.1) is 0 Å². The molecule has 1 aromatic rings. The van der Waals surface area contributed by atoms with E-state index in [2.05, 4.69) is 32.0 Å². The summed E-state index contributed by atoms with van der Waals surface area (Å²) in [4.78, 5) is 0. The number of hydrogen-bond donors (Lipinski definition) is 0. The molecule has 0 radical (unpaired) electrons. The minimum absolute atomic E-state index is 0.804. The molecule has 0 saturated heterocycles. The SMILES string of the molecule is COC=C1CCC(C2CCC(c3cccc(C)c3C)CC2)CC1. The molecule has 0 atom stereocenters. The monoisotopic (exact) mass is 312 g/mol. The van der Waals surface area contributed by atoms with E-state index in [1.807, 2.05) is 6.26 Å². The molecule has 0 bridgehead atoms. The highest BCUT2D eigenvalue weighted by Crippen LogP contribution is 2.44. The minimum Gasteiger partial charge on any atom is -0.504 e. The topological polar surface area (TPSA) is 9.23 Å². The van der Waals surface area contributed by atoms with Crippen LogP contribution in [-0.2, 0) is 4.74 Å². The summed E-state index contributed by atoms with van der Waals surface area (Å²) in [6.45, 7) is 4.55. The Balaban J connectivity index is 1.55. The average Bonchev–Trinajstić information content (AvgIpc) is 2.59. The van der Waals surface area contributed by atoms with Crippen molar-refractivity contribution in [3.8, 4) is 0 Å². The maximum Gasteiger partial charge on any atom is 0.0816 e. The van der Waals surface area contributed by atoms with E-state index >= 15 is 0 Å². The summed E-state index contributed by atoms with van der Waals surface area (Å²) in [5.74, 6) is 2.74. The number of aryl methyl sites for hydroxylation is 1. The molecule has 2 aliphatic carbocycles. The number of ether oxygens (including phenoxy) is 1. The van der Waals surface area contributed by atoms with Crippen molar-refractivity contribution in [2.75, 3.05) is 7.11 Å². The van der Waals surface area contributed by atoms with Gasteiger partial charge >= 0.3 is 0 Å². The molecule has 1 heteroatoms. The molecule has 3 rings (SSSR count). The third-order valence-corrected chi connectivity index (χ3v) is 6.48. The van der Waals surface area contributed by atoms with Crippen molar-refractivity contribution < 1.29 is 4.74 Å². The van der Waals surface area contributed by atoms with Crippen molar-refractivity contribution in [3.63, 3.8) is 0 Å². The van der Waals surface area contributed by atoms with Crippen molar-refractivity contribution in [2.45, 2.75) is 71.1 Å². The molecule has 0 heterocycles. The maximum absolute atomic E-state index is 5.18. The van der Waals surface area contributed by atoms with Crippen LogP contribution in [0.2, 0.25) is 0 Å². The van der Waals surface area contributed by atoms with E-state index in [0.717, 1.165) is 17.8 Å². The Kier molecular flexibility index (Phi) is 5.46. The van der Waals surface area contributed by atoms with E-state index in [-0.39, 0.29) is 0 Å². The third-order valence-electron chi connectivity index (χ3n) is 6.48. The van der Waals surface area contributed by atoms with Gasteiger partial charge < -0.3 is 4.74 Å². The van der Waals surface area contributed by atoms with Crippen LogP contribution < -0.4 is 0 Å². The van der Waals surface area contributed by atoms with Crippen molar-refractivity contribution in [1.82, 2.24) is 0 Å². The zero-order valence-corrected chi connectivity index (χ0v) is 15.1. The van der Waals surface area contributed by atoms with Crippen LogP contribution in [-0.4, -0.2) is 7.11 Å². The lowest BCUT2D eigenvalue weighted by Gasteiger charge is -2.37. The lowest BCUT2D eigenvalue weighted by Crippen LogP contribution is -2.23. The molecule has 126 valence electrons. The lowest BCUT2D eigenvalue weighted by atomic mass is 9.69. The zero-order chi connectivity index (χ0) is 16.2. The molecule has 0 aliphatic heterocycles. The van der Waals surface area contributed by atoms with E-state index in [0.29, 0.717) is 0 Å². The van der Waals surface area contributed by atoms with E-state index < -0.39 is 0 Å². The highest BCUT2D eigenvalue weighted by atomic mass is 16.5. The van der Waals surface area contributed by atoms with E-state index in [1.54, 1.807) is 12.7 Å². The van der Waals surface area contributed by atoms with E-state index in [1.165, 1.54) is 68.1 Å². The molecule has 2 saturated carbocycles. The molecular weight excluding hydrogens is 280 g/mol. The molecule has 1 aromatic carbocycles. The summed E-state index contributed by atoms with van der Waals surface area (Å²) in [7, 11) is 1.77. The highest BCUT2D eigenvalue weighted by molar-refractivity contribution is 5.35. The van der Waals surface area contributed by atoms with Gasteiger partial charge in [0.2, 0.25) is 0 Å². The molecular formula is C22H32O. The quantitative estimate of drug-likeness (QED) is 0.595. The van der Waals surface area contributed by atoms with Crippen LogP contribution in [0.1, 0.15) is 74.0 Å². The summed E-state index contributed by atoms with van der Waals surface area (Å²) in [5.41, 5.74) is 6.13. The summed E-state index contributed by atoms with van der Waals surface area (Å²) in [6, 6.07) is 6.86. The number of methoxy groups -OCH3 is 1. The summed E-state index contributed by atoms with van der Waals surface area (Å²) >= 11 is 0. The Morgan fingerprint density at radius 2 is 1.57 bits per heavy atom. The van der Waals surface area contributed by atoms with Crippen molar-refractivity contribution >= 4 is 0 Å². The molecule has 0 spiro atoms. The summed E-state index contributed by atoms with van der Waals surface area (Å²) in [6.07, 6.45) is 12.9. The van der Waals surface area contributed by atoms with Crippen molar-refractivity contribution in [3.05, 3.63) is 46.7 Å². The Morgan fingerprint density at radius 1 is 0.913 bits per heavy atom. The molecule has 1 nitrogen and oxygen atoms in total. The van der Waals surface area contributed by atoms with Crippen LogP contribution in [0.5, 0.6) is 0 Å². The summed E-state index contributed by atoms with van der Waals surface area (Å²) < 4.78 is 5.18. The minimum atomic E-state index is 0.804. The second-order valence-corrected chi connectivity index (χ2v) is 7.75. The van der Waals surface area contributed by atoms with Gasteiger partial charge in [0.15, 0.2) is 0 Å². The largest absolute Gasteiger partial charge is 0.504 e. The molecule has 0 amide bonds. The van der Waals surface area contributed by atoms with Gasteiger partial charge in [-0.05, 0) is 105 Å². The second-order valence-electron chi connectivity index (χ2n) is 7.75. The lowest BCUT2D eigenvalue weighted by molar-refractivity contribution is 0.197. The third kappa shape index (κ3) is 3.82. The van der Waals surface area contributed by atoms with Crippen molar-refractivity contribution in [2.24, 2.45) is 11.8 Å². The molecule has 2 fully saturated rings. The van der Waals surface area contributed by atoms with Crippen LogP contribution in [0.15, 0.2) is 30.0 Å². The zero-order valence-electron chi connectivity index (χ0n) is 15.1. The van der Waals surface area contributed by atoms with Gasteiger partial charge in [-0.1, -0.05) is 18.2 Å². The van der Waals surface area contributed by atoms with Crippen LogP contribution in [0.3, 0.4) is 0 Å². The fraction of sp³-hybridized carbons (Fsp3) is 0.636. The number of benzene rings is 1. The molecule has 2 aliphatic rings. The Bertz CT molecular complexity index is 539. The van der Waals surface area contributed by atoms with Crippen LogP contribution in [0.25, 0.3) is 0 Å². The predicted molar refractivity (Wildman–Crippen MR) is 97.7 cm³/mol. The van der Waals surface area contributed by atoms with Gasteiger partial charge in [0.25, 0.3) is 0 Å². The number of hydrogen-bond acceptors (Lipinski definition) is 1. The second kappa shape index (κ2) is 7.55. The first-order valence-corrected chi connectivity index (χ1v) is 9.46. The van der Waals surface area contributed by atoms with Gasteiger partial charge in [-0.25, -0.2) is 0 Å². The van der Waals surface area contributed by atoms with E-state index in [4.69, 9.17) is 4.74 Å². The number of allylic oxidation sites excluding steroid dienone is 1. The fourth-order valence-corrected chi connectivity index (χ4v) is 4.88. The average molecular weight is 312 g/mol. The van der Waals surface area contributed by atoms with Gasteiger partial charge in [0.05, 0.1) is 13.4 Å². The van der Waals surface area contributed by atoms with Gasteiger partial charge in [0.1, 0.15) is 0 Å². The standard InChI is InChI=1S/C22H32O/c1-16-5-4-6-22(17(16)2)21-13-11-20(12-14-21)19-9-7-18(8-10-19)15-23-3/h4-6,15,19-21H,7-14H2,1-3H3. The normalized spacial score (nSPS) is 28.5. The van der Waals surface area contributed by atoms with Gasteiger partial charge in [-0.2, -0.15) is 0 Å². The maximum atomic E-state index is 5.18. The molecule has 0 aromatic heterocycles. The first-order valence-electron chi connectivity index (χ1n) is 9.46.